The minimum absolute atomic E-state index is 0.248. The molecule has 0 saturated heterocycles. The molecule has 1 aliphatic carbocycles. The summed E-state index contributed by atoms with van der Waals surface area (Å²) in [7, 11) is 0. The quantitative estimate of drug-likeness (QED) is 0.816. The molecule has 2 aromatic rings. The molecular formula is C23H26FN3O3. The van der Waals surface area contributed by atoms with Gasteiger partial charge in [0, 0.05) is 12.1 Å². The number of hydrogen-bond acceptors (Lipinski definition) is 4. The predicted molar refractivity (Wildman–Crippen MR) is 111 cm³/mol. The molecule has 0 spiro atoms. The van der Waals surface area contributed by atoms with Crippen molar-refractivity contribution in [3.05, 3.63) is 59.2 Å². The maximum Gasteiger partial charge on any atom is 0.414 e. The maximum atomic E-state index is 13.1. The standard InChI is InChI=1S/C23H26FN3O3/c1-22(2,3)30-21(29)27-14-4-5-17-18(27)10-11-19(25-17)23(12-13-23)26-20(28)15-6-8-16(24)9-7-15/h6-11H,4-5,12-14H2,1-3H3,(H,26,28). The molecule has 7 heteroatoms. The Hall–Kier alpha value is -2.96. The molecule has 1 aliphatic heterocycles. The summed E-state index contributed by atoms with van der Waals surface area (Å²) in [6.07, 6.45) is 2.79. The van der Waals surface area contributed by atoms with Crippen molar-refractivity contribution in [2.75, 3.05) is 11.4 Å². The number of fused-ring (bicyclic) bond motifs is 1. The first-order valence-electron chi connectivity index (χ1n) is 10.3. The molecule has 1 fully saturated rings. The van der Waals surface area contributed by atoms with E-state index in [4.69, 9.17) is 9.72 Å². The van der Waals surface area contributed by atoms with Gasteiger partial charge in [0.25, 0.3) is 5.91 Å². The molecular weight excluding hydrogens is 385 g/mol. The Morgan fingerprint density at radius 1 is 1.13 bits per heavy atom. The van der Waals surface area contributed by atoms with E-state index < -0.39 is 11.1 Å². The van der Waals surface area contributed by atoms with Crippen molar-refractivity contribution in [2.24, 2.45) is 0 Å². The fourth-order valence-electron chi connectivity index (χ4n) is 3.68. The first-order chi connectivity index (χ1) is 14.2. The molecule has 158 valence electrons. The maximum absolute atomic E-state index is 13.1. The van der Waals surface area contributed by atoms with Crippen molar-refractivity contribution in [3.63, 3.8) is 0 Å². The summed E-state index contributed by atoms with van der Waals surface area (Å²) in [5, 5.41) is 3.06. The average molecular weight is 411 g/mol. The Balaban J connectivity index is 1.54. The summed E-state index contributed by atoms with van der Waals surface area (Å²) in [5.74, 6) is -0.624. The van der Waals surface area contributed by atoms with E-state index in [0.717, 1.165) is 42.8 Å². The van der Waals surface area contributed by atoms with Gasteiger partial charge in [-0.3, -0.25) is 14.7 Å². The van der Waals surface area contributed by atoms with Crippen LogP contribution in [0.1, 0.15) is 61.8 Å². The molecule has 2 heterocycles. The summed E-state index contributed by atoms with van der Waals surface area (Å²) in [4.78, 5) is 31.7. The molecule has 1 N–H and O–H groups in total. The zero-order valence-corrected chi connectivity index (χ0v) is 17.5. The molecule has 0 bridgehead atoms. The van der Waals surface area contributed by atoms with Crippen LogP contribution in [0.2, 0.25) is 0 Å². The van der Waals surface area contributed by atoms with Crippen molar-refractivity contribution in [1.29, 1.82) is 0 Å². The van der Waals surface area contributed by atoms with E-state index in [2.05, 4.69) is 5.32 Å². The van der Waals surface area contributed by atoms with E-state index in [0.29, 0.717) is 12.1 Å². The Labute approximate surface area is 175 Å². The predicted octanol–water partition coefficient (Wildman–Crippen LogP) is 4.33. The van der Waals surface area contributed by atoms with Gasteiger partial charge in [0.05, 0.1) is 22.6 Å². The van der Waals surface area contributed by atoms with Crippen molar-refractivity contribution < 1.29 is 18.7 Å². The number of carbonyl (C=O) groups is 2. The average Bonchev–Trinajstić information content (AvgIpc) is 3.47. The zero-order valence-electron chi connectivity index (χ0n) is 17.5. The van der Waals surface area contributed by atoms with Gasteiger partial charge in [0.2, 0.25) is 0 Å². The van der Waals surface area contributed by atoms with E-state index in [9.17, 15) is 14.0 Å². The highest BCUT2D eigenvalue weighted by atomic mass is 19.1. The van der Waals surface area contributed by atoms with Crippen molar-refractivity contribution in [3.8, 4) is 0 Å². The molecule has 0 radical (unpaired) electrons. The summed E-state index contributed by atoms with van der Waals surface area (Å²) in [6, 6.07) is 9.26. The Bertz CT molecular complexity index is 978. The number of ether oxygens (including phenoxy) is 1. The molecule has 1 aromatic carbocycles. The number of carbonyl (C=O) groups excluding carboxylic acids is 2. The monoisotopic (exact) mass is 411 g/mol. The van der Waals surface area contributed by atoms with Crippen LogP contribution in [0.3, 0.4) is 0 Å². The third kappa shape index (κ3) is 4.15. The fraction of sp³-hybridized carbons (Fsp3) is 0.435. The van der Waals surface area contributed by atoms with E-state index in [-0.39, 0.29) is 17.8 Å². The number of rotatable bonds is 3. The Morgan fingerprint density at radius 3 is 2.47 bits per heavy atom. The number of halogens is 1. The third-order valence-electron chi connectivity index (χ3n) is 5.35. The second kappa shape index (κ2) is 7.38. The number of aromatic nitrogens is 1. The second-order valence-corrected chi connectivity index (χ2v) is 8.94. The highest BCUT2D eigenvalue weighted by Gasteiger charge is 2.47. The van der Waals surface area contributed by atoms with Crippen LogP contribution in [-0.4, -0.2) is 29.1 Å². The van der Waals surface area contributed by atoms with Crippen LogP contribution in [0.15, 0.2) is 36.4 Å². The van der Waals surface area contributed by atoms with Gasteiger partial charge in [0.1, 0.15) is 11.4 Å². The van der Waals surface area contributed by atoms with Gasteiger partial charge in [-0.05, 0) is 82.9 Å². The van der Waals surface area contributed by atoms with Crippen LogP contribution in [0.5, 0.6) is 0 Å². The fourth-order valence-corrected chi connectivity index (χ4v) is 3.68. The second-order valence-electron chi connectivity index (χ2n) is 8.94. The van der Waals surface area contributed by atoms with Crippen LogP contribution < -0.4 is 10.2 Å². The van der Waals surface area contributed by atoms with Gasteiger partial charge in [-0.25, -0.2) is 9.18 Å². The molecule has 6 nitrogen and oxygen atoms in total. The van der Waals surface area contributed by atoms with E-state index in [1.165, 1.54) is 24.3 Å². The number of nitrogens with zero attached hydrogens (tertiary/aromatic N) is 2. The van der Waals surface area contributed by atoms with Crippen LogP contribution in [0.4, 0.5) is 14.9 Å². The number of pyridine rings is 1. The molecule has 1 saturated carbocycles. The number of nitrogens with one attached hydrogen (secondary N) is 1. The lowest BCUT2D eigenvalue weighted by Crippen LogP contribution is -2.40. The minimum atomic E-state index is -0.565. The van der Waals surface area contributed by atoms with Crippen molar-refractivity contribution >= 4 is 17.7 Å². The van der Waals surface area contributed by atoms with E-state index in [1.54, 1.807) is 4.90 Å². The lowest BCUT2D eigenvalue weighted by molar-refractivity contribution is 0.0577. The molecule has 1 aromatic heterocycles. The molecule has 2 aliphatic rings. The van der Waals surface area contributed by atoms with Crippen LogP contribution in [0, 0.1) is 5.82 Å². The number of hydrogen-bond donors (Lipinski definition) is 1. The molecule has 0 atom stereocenters. The van der Waals surface area contributed by atoms with Gasteiger partial charge < -0.3 is 10.1 Å². The van der Waals surface area contributed by atoms with Gasteiger partial charge in [-0.15, -0.1) is 0 Å². The molecule has 4 rings (SSSR count). The minimum Gasteiger partial charge on any atom is -0.443 e. The largest absolute Gasteiger partial charge is 0.443 e. The van der Waals surface area contributed by atoms with E-state index >= 15 is 0 Å². The Kier molecular flexibility index (Phi) is 5.00. The lowest BCUT2D eigenvalue weighted by atomic mass is 10.0. The number of anilines is 1. The summed E-state index contributed by atoms with van der Waals surface area (Å²) in [6.45, 7) is 6.13. The first-order valence-corrected chi connectivity index (χ1v) is 10.3. The van der Waals surface area contributed by atoms with Crippen molar-refractivity contribution in [1.82, 2.24) is 10.3 Å². The lowest BCUT2D eigenvalue weighted by Gasteiger charge is -2.31. The normalized spacial score (nSPS) is 17.1. The zero-order chi connectivity index (χ0) is 21.5. The smallest absolute Gasteiger partial charge is 0.414 e. The summed E-state index contributed by atoms with van der Waals surface area (Å²) in [5.41, 5.74) is 1.74. The summed E-state index contributed by atoms with van der Waals surface area (Å²) >= 11 is 0. The highest BCUT2D eigenvalue weighted by Crippen LogP contribution is 2.45. The van der Waals surface area contributed by atoms with Crippen LogP contribution >= 0.6 is 0 Å². The topological polar surface area (TPSA) is 71.5 Å². The van der Waals surface area contributed by atoms with Gasteiger partial charge in [-0.2, -0.15) is 0 Å². The first kappa shape index (κ1) is 20.3. The SMILES string of the molecule is CC(C)(C)OC(=O)N1CCCc2nc(C3(NC(=O)c4ccc(F)cc4)CC3)ccc21. The van der Waals surface area contributed by atoms with Gasteiger partial charge in [0.15, 0.2) is 0 Å². The molecule has 0 unspecified atom stereocenters. The number of benzene rings is 1. The highest BCUT2D eigenvalue weighted by molar-refractivity contribution is 5.95. The molecule has 2 amide bonds. The summed E-state index contributed by atoms with van der Waals surface area (Å²) < 4.78 is 18.7. The Morgan fingerprint density at radius 2 is 1.83 bits per heavy atom. The van der Waals surface area contributed by atoms with Gasteiger partial charge >= 0.3 is 6.09 Å². The third-order valence-corrected chi connectivity index (χ3v) is 5.35. The van der Waals surface area contributed by atoms with Crippen molar-refractivity contribution in [2.45, 2.75) is 57.6 Å². The van der Waals surface area contributed by atoms with Crippen LogP contribution in [-0.2, 0) is 16.7 Å². The molecule has 30 heavy (non-hydrogen) atoms. The number of amides is 2. The van der Waals surface area contributed by atoms with Gasteiger partial charge in [-0.1, -0.05) is 0 Å². The van der Waals surface area contributed by atoms with Crippen LogP contribution in [0.25, 0.3) is 0 Å². The number of aryl methyl sites for hydroxylation is 1. The van der Waals surface area contributed by atoms with E-state index in [1.807, 2.05) is 32.9 Å².